The van der Waals surface area contributed by atoms with E-state index >= 15 is 0 Å². The second-order valence-electron chi connectivity index (χ2n) is 5.06. The lowest BCUT2D eigenvalue weighted by Crippen LogP contribution is -2.29. The normalized spacial score (nSPS) is 19.0. The highest BCUT2D eigenvalue weighted by atomic mass is 16.5. The lowest BCUT2D eigenvalue weighted by molar-refractivity contribution is 0.0624. The lowest BCUT2D eigenvalue weighted by atomic mass is 9.96. The molecule has 0 heterocycles. The summed E-state index contributed by atoms with van der Waals surface area (Å²) >= 11 is 0. The maximum Gasteiger partial charge on any atom is 0.0791 e. The fraction of sp³-hybridized carbons (Fsp3) is 0.600. The zero-order valence-electron chi connectivity index (χ0n) is 10.9. The van der Waals surface area contributed by atoms with Gasteiger partial charge in [-0.1, -0.05) is 37.6 Å². The van der Waals surface area contributed by atoms with Crippen LogP contribution < -0.4 is 5.73 Å². The summed E-state index contributed by atoms with van der Waals surface area (Å²) in [4.78, 5) is 0. The molecule has 2 unspecified atom stereocenters. The van der Waals surface area contributed by atoms with Crippen LogP contribution >= 0.6 is 0 Å². The lowest BCUT2D eigenvalue weighted by Gasteiger charge is -2.23. The second kappa shape index (κ2) is 5.65. The summed E-state index contributed by atoms with van der Waals surface area (Å²) in [5, 5.41) is 0. The molecule has 1 aliphatic rings. The molecule has 94 valence electrons. The molecule has 1 aromatic carbocycles. The number of nitrogens with two attached hydrogens (primary N) is 1. The highest BCUT2D eigenvalue weighted by Crippen LogP contribution is 2.38. The van der Waals surface area contributed by atoms with Crippen molar-refractivity contribution in [3.8, 4) is 0 Å². The minimum absolute atomic E-state index is 0.0179. The van der Waals surface area contributed by atoms with E-state index in [-0.39, 0.29) is 12.1 Å². The van der Waals surface area contributed by atoms with Crippen molar-refractivity contribution in [2.45, 2.75) is 44.8 Å². The van der Waals surface area contributed by atoms with Crippen molar-refractivity contribution >= 4 is 0 Å². The van der Waals surface area contributed by atoms with Gasteiger partial charge in [-0.3, -0.25) is 0 Å². The van der Waals surface area contributed by atoms with Crippen LogP contribution in [0, 0.1) is 5.92 Å². The van der Waals surface area contributed by atoms with Gasteiger partial charge in [-0.05, 0) is 36.3 Å². The van der Waals surface area contributed by atoms with Gasteiger partial charge in [0.1, 0.15) is 0 Å². The maximum absolute atomic E-state index is 6.33. The van der Waals surface area contributed by atoms with E-state index in [2.05, 4.69) is 31.2 Å². The topological polar surface area (TPSA) is 35.2 Å². The Labute approximate surface area is 104 Å². The molecule has 1 aliphatic carbocycles. The Morgan fingerprint density at radius 3 is 2.76 bits per heavy atom. The van der Waals surface area contributed by atoms with E-state index in [1.807, 2.05) is 0 Å². The molecule has 0 bridgehead atoms. The van der Waals surface area contributed by atoms with Crippen LogP contribution in [-0.2, 0) is 11.2 Å². The van der Waals surface area contributed by atoms with Crippen LogP contribution in [0.3, 0.4) is 0 Å². The number of aryl methyl sites for hydroxylation is 1. The smallest absolute Gasteiger partial charge is 0.0791 e. The Balaban J connectivity index is 2.11. The second-order valence-corrected chi connectivity index (χ2v) is 5.06. The summed E-state index contributed by atoms with van der Waals surface area (Å²) in [6, 6.07) is 8.67. The van der Waals surface area contributed by atoms with Crippen molar-refractivity contribution in [3.05, 3.63) is 35.4 Å². The van der Waals surface area contributed by atoms with Crippen molar-refractivity contribution in [1.29, 1.82) is 0 Å². The van der Waals surface area contributed by atoms with Gasteiger partial charge in [-0.2, -0.15) is 0 Å². The minimum atomic E-state index is 0.0179. The van der Waals surface area contributed by atoms with Crippen LogP contribution in [0.25, 0.3) is 0 Å². The van der Waals surface area contributed by atoms with Gasteiger partial charge in [0.2, 0.25) is 0 Å². The van der Waals surface area contributed by atoms with Crippen molar-refractivity contribution in [1.82, 2.24) is 0 Å². The highest BCUT2D eigenvalue weighted by Gasteiger charge is 2.35. The maximum atomic E-state index is 6.33. The molecule has 0 saturated heterocycles. The average molecular weight is 233 g/mol. The van der Waals surface area contributed by atoms with Gasteiger partial charge < -0.3 is 10.5 Å². The molecule has 0 aliphatic heterocycles. The predicted octanol–water partition coefficient (Wildman–Crippen LogP) is 3.06. The third-order valence-corrected chi connectivity index (χ3v) is 3.59. The molecule has 0 aromatic heterocycles. The average Bonchev–Trinajstić information content (AvgIpc) is 3.15. The molecular weight excluding hydrogens is 210 g/mol. The molecule has 2 rings (SSSR count). The molecule has 0 amide bonds. The Morgan fingerprint density at radius 1 is 1.41 bits per heavy atom. The van der Waals surface area contributed by atoms with Crippen molar-refractivity contribution < 1.29 is 4.74 Å². The molecule has 1 saturated carbocycles. The third kappa shape index (κ3) is 3.08. The highest BCUT2D eigenvalue weighted by molar-refractivity contribution is 5.27. The van der Waals surface area contributed by atoms with Crippen LogP contribution in [0.15, 0.2) is 24.3 Å². The van der Waals surface area contributed by atoms with Crippen LogP contribution in [0.5, 0.6) is 0 Å². The molecule has 0 radical (unpaired) electrons. The third-order valence-electron chi connectivity index (χ3n) is 3.59. The predicted molar refractivity (Wildman–Crippen MR) is 70.9 cm³/mol. The van der Waals surface area contributed by atoms with Gasteiger partial charge in [0.05, 0.1) is 12.1 Å². The molecule has 2 heteroatoms. The molecule has 2 N–H and O–H groups in total. The van der Waals surface area contributed by atoms with Gasteiger partial charge >= 0.3 is 0 Å². The summed E-state index contributed by atoms with van der Waals surface area (Å²) in [5.41, 5.74) is 8.93. The Kier molecular flexibility index (Phi) is 4.19. The Morgan fingerprint density at radius 2 is 2.18 bits per heavy atom. The van der Waals surface area contributed by atoms with Gasteiger partial charge in [0.15, 0.2) is 0 Å². The van der Waals surface area contributed by atoms with Crippen molar-refractivity contribution in [2.75, 3.05) is 7.11 Å². The molecule has 2 nitrogen and oxygen atoms in total. The van der Waals surface area contributed by atoms with Gasteiger partial charge in [-0.15, -0.1) is 0 Å². The standard InChI is InChI=1S/C15H23NO/c1-3-5-11-6-4-7-13(10-11)14(16)15(17-2)12-8-9-12/h4,6-7,10,12,14-15H,3,5,8-9,16H2,1-2H3. The largest absolute Gasteiger partial charge is 0.379 e. The molecule has 2 atom stereocenters. The summed E-state index contributed by atoms with van der Waals surface area (Å²) in [5.74, 6) is 0.671. The van der Waals surface area contributed by atoms with E-state index in [4.69, 9.17) is 10.5 Å². The Bertz CT molecular complexity index is 360. The summed E-state index contributed by atoms with van der Waals surface area (Å²) in [7, 11) is 1.78. The van der Waals surface area contributed by atoms with E-state index in [9.17, 15) is 0 Å². The first-order valence-electron chi connectivity index (χ1n) is 6.63. The number of hydrogen-bond acceptors (Lipinski definition) is 2. The zero-order chi connectivity index (χ0) is 12.3. The summed E-state index contributed by atoms with van der Waals surface area (Å²) in [6.45, 7) is 2.20. The van der Waals surface area contributed by atoms with Crippen molar-refractivity contribution in [3.63, 3.8) is 0 Å². The zero-order valence-corrected chi connectivity index (χ0v) is 10.9. The van der Waals surface area contributed by atoms with E-state index in [0.717, 1.165) is 6.42 Å². The fourth-order valence-electron chi connectivity index (χ4n) is 2.49. The number of rotatable bonds is 6. The SMILES string of the molecule is CCCc1cccc(C(N)C(OC)C2CC2)c1. The summed E-state index contributed by atoms with van der Waals surface area (Å²) < 4.78 is 5.57. The first-order valence-corrected chi connectivity index (χ1v) is 6.63. The number of methoxy groups -OCH3 is 1. The van der Waals surface area contributed by atoms with Gasteiger partial charge in [0.25, 0.3) is 0 Å². The van der Waals surface area contributed by atoms with Crippen LogP contribution in [0.1, 0.15) is 43.4 Å². The molecule has 0 spiro atoms. The number of hydrogen-bond donors (Lipinski definition) is 1. The quantitative estimate of drug-likeness (QED) is 0.819. The summed E-state index contributed by atoms with van der Waals surface area (Å²) in [6.07, 6.45) is 5.02. The molecular formula is C15H23NO. The van der Waals surface area contributed by atoms with Crippen LogP contribution in [0.2, 0.25) is 0 Å². The van der Waals surface area contributed by atoms with Crippen LogP contribution in [-0.4, -0.2) is 13.2 Å². The van der Waals surface area contributed by atoms with E-state index < -0.39 is 0 Å². The first-order chi connectivity index (χ1) is 8.26. The molecule has 17 heavy (non-hydrogen) atoms. The van der Waals surface area contributed by atoms with Gasteiger partial charge in [0, 0.05) is 7.11 Å². The Hall–Kier alpha value is -0.860. The minimum Gasteiger partial charge on any atom is -0.379 e. The van der Waals surface area contributed by atoms with Crippen LogP contribution in [0.4, 0.5) is 0 Å². The first kappa shape index (κ1) is 12.6. The molecule has 1 aromatic rings. The molecule has 1 fully saturated rings. The van der Waals surface area contributed by atoms with Gasteiger partial charge in [-0.25, -0.2) is 0 Å². The fourth-order valence-corrected chi connectivity index (χ4v) is 2.49. The van der Waals surface area contributed by atoms with E-state index in [0.29, 0.717) is 5.92 Å². The number of benzene rings is 1. The number of ether oxygens (including phenoxy) is 1. The van der Waals surface area contributed by atoms with E-state index in [1.54, 1.807) is 7.11 Å². The monoisotopic (exact) mass is 233 g/mol. The van der Waals surface area contributed by atoms with E-state index in [1.165, 1.54) is 30.4 Å². The van der Waals surface area contributed by atoms with Crippen molar-refractivity contribution in [2.24, 2.45) is 11.7 Å².